The zero-order valence-corrected chi connectivity index (χ0v) is 12.7. The average molecular weight is 260 g/mol. The smallest absolute Gasteiger partial charge is 0.0237 e. The fourth-order valence-electron chi connectivity index (χ4n) is 2.91. The van der Waals surface area contributed by atoms with E-state index in [1.807, 2.05) is 0 Å². The Balaban J connectivity index is 1.95. The Morgan fingerprint density at radius 1 is 1.26 bits per heavy atom. The SMILES string of the molecule is CCN(Cc1cc(C)ccc1C)CC1CCCCN1. The van der Waals surface area contributed by atoms with Crippen LogP contribution in [0.3, 0.4) is 0 Å². The summed E-state index contributed by atoms with van der Waals surface area (Å²) < 4.78 is 0. The Kier molecular flexibility index (Phi) is 5.41. The van der Waals surface area contributed by atoms with E-state index in [1.54, 1.807) is 0 Å². The molecule has 0 radical (unpaired) electrons. The van der Waals surface area contributed by atoms with Crippen LogP contribution >= 0.6 is 0 Å². The molecule has 1 aliphatic heterocycles. The molecule has 2 nitrogen and oxygen atoms in total. The third-order valence-electron chi connectivity index (χ3n) is 4.24. The molecule has 1 N–H and O–H groups in total. The van der Waals surface area contributed by atoms with E-state index in [-0.39, 0.29) is 0 Å². The van der Waals surface area contributed by atoms with E-state index in [0.717, 1.165) is 13.1 Å². The normalized spacial score (nSPS) is 19.9. The molecule has 2 rings (SSSR count). The van der Waals surface area contributed by atoms with Gasteiger partial charge in [0, 0.05) is 19.1 Å². The average Bonchev–Trinajstić information content (AvgIpc) is 2.43. The van der Waals surface area contributed by atoms with Crippen LogP contribution in [0, 0.1) is 13.8 Å². The molecule has 0 aliphatic carbocycles. The fourth-order valence-corrected chi connectivity index (χ4v) is 2.91. The molecular formula is C17H28N2. The van der Waals surface area contributed by atoms with Gasteiger partial charge in [-0.1, -0.05) is 37.1 Å². The monoisotopic (exact) mass is 260 g/mol. The third kappa shape index (κ3) is 4.32. The molecule has 1 heterocycles. The summed E-state index contributed by atoms with van der Waals surface area (Å²) in [6.07, 6.45) is 4.07. The number of nitrogens with zero attached hydrogens (tertiary/aromatic N) is 1. The van der Waals surface area contributed by atoms with Crippen molar-refractivity contribution in [2.24, 2.45) is 0 Å². The van der Waals surface area contributed by atoms with Gasteiger partial charge in [0.1, 0.15) is 0 Å². The molecular weight excluding hydrogens is 232 g/mol. The van der Waals surface area contributed by atoms with Crippen molar-refractivity contribution in [1.82, 2.24) is 10.2 Å². The number of hydrogen-bond acceptors (Lipinski definition) is 2. The van der Waals surface area contributed by atoms with Crippen LogP contribution in [0.1, 0.15) is 42.9 Å². The lowest BCUT2D eigenvalue weighted by Gasteiger charge is -2.30. The number of likely N-dealkylation sites (N-methyl/N-ethyl adjacent to an activating group) is 1. The minimum absolute atomic E-state index is 0.693. The summed E-state index contributed by atoms with van der Waals surface area (Å²) in [5, 5.41) is 3.65. The first kappa shape index (κ1) is 14.5. The van der Waals surface area contributed by atoms with E-state index in [4.69, 9.17) is 0 Å². The van der Waals surface area contributed by atoms with Gasteiger partial charge in [0.25, 0.3) is 0 Å². The van der Waals surface area contributed by atoms with E-state index in [0.29, 0.717) is 6.04 Å². The van der Waals surface area contributed by atoms with Crippen molar-refractivity contribution >= 4 is 0 Å². The fraction of sp³-hybridized carbons (Fsp3) is 0.647. The van der Waals surface area contributed by atoms with Crippen LogP contribution in [0.4, 0.5) is 0 Å². The van der Waals surface area contributed by atoms with Crippen molar-refractivity contribution in [2.45, 2.75) is 52.6 Å². The number of hydrogen-bond donors (Lipinski definition) is 1. The molecule has 106 valence electrons. The molecule has 1 aromatic carbocycles. The van der Waals surface area contributed by atoms with Gasteiger partial charge in [-0.2, -0.15) is 0 Å². The lowest BCUT2D eigenvalue weighted by Crippen LogP contribution is -2.43. The highest BCUT2D eigenvalue weighted by Gasteiger charge is 2.16. The minimum atomic E-state index is 0.693. The van der Waals surface area contributed by atoms with Crippen LogP contribution < -0.4 is 5.32 Å². The van der Waals surface area contributed by atoms with Gasteiger partial charge in [0.15, 0.2) is 0 Å². The van der Waals surface area contributed by atoms with E-state index < -0.39 is 0 Å². The predicted molar refractivity (Wildman–Crippen MR) is 82.5 cm³/mol. The van der Waals surface area contributed by atoms with Gasteiger partial charge in [-0.15, -0.1) is 0 Å². The standard InChI is InChI=1S/C17H28N2/c1-4-19(13-17-7-5-6-10-18-17)12-16-11-14(2)8-9-15(16)3/h8-9,11,17-18H,4-7,10,12-13H2,1-3H3. The number of benzene rings is 1. The first-order valence-corrected chi connectivity index (χ1v) is 7.71. The highest BCUT2D eigenvalue weighted by atomic mass is 15.1. The van der Waals surface area contributed by atoms with E-state index in [9.17, 15) is 0 Å². The molecule has 1 aromatic rings. The summed E-state index contributed by atoms with van der Waals surface area (Å²) in [7, 11) is 0. The lowest BCUT2D eigenvalue weighted by molar-refractivity contribution is 0.226. The minimum Gasteiger partial charge on any atom is -0.313 e. The number of nitrogens with one attached hydrogen (secondary N) is 1. The second-order valence-corrected chi connectivity index (χ2v) is 5.90. The highest BCUT2D eigenvalue weighted by Crippen LogP contribution is 2.15. The third-order valence-corrected chi connectivity index (χ3v) is 4.24. The summed E-state index contributed by atoms with van der Waals surface area (Å²) in [4.78, 5) is 2.57. The van der Waals surface area contributed by atoms with Crippen molar-refractivity contribution in [3.63, 3.8) is 0 Å². The molecule has 0 saturated carbocycles. The Morgan fingerprint density at radius 3 is 2.79 bits per heavy atom. The molecule has 1 fully saturated rings. The van der Waals surface area contributed by atoms with Crippen molar-refractivity contribution in [1.29, 1.82) is 0 Å². The molecule has 2 heteroatoms. The van der Waals surface area contributed by atoms with Gasteiger partial charge in [-0.3, -0.25) is 4.90 Å². The Labute approximate surface area is 118 Å². The Bertz CT molecular complexity index is 394. The van der Waals surface area contributed by atoms with Gasteiger partial charge in [-0.05, 0) is 50.9 Å². The van der Waals surface area contributed by atoms with E-state index in [2.05, 4.69) is 49.2 Å². The number of aryl methyl sites for hydroxylation is 2. The maximum Gasteiger partial charge on any atom is 0.0237 e. The van der Waals surface area contributed by atoms with Gasteiger partial charge >= 0.3 is 0 Å². The van der Waals surface area contributed by atoms with Gasteiger partial charge < -0.3 is 5.32 Å². The highest BCUT2D eigenvalue weighted by molar-refractivity contribution is 5.30. The zero-order valence-electron chi connectivity index (χ0n) is 12.7. The number of piperidine rings is 1. The van der Waals surface area contributed by atoms with Crippen LogP contribution in [-0.2, 0) is 6.54 Å². The van der Waals surface area contributed by atoms with E-state index in [1.165, 1.54) is 49.0 Å². The lowest BCUT2D eigenvalue weighted by atomic mass is 10.0. The molecule has 0 aromatic heterocycles. The molecule has 1 saturated heterocycles. The second-order valence-electron chi connectivity index (χ2n) is 5.90. The van der Waals surface area contributed by atoms with Crippen LogP contribution in [0.2, 0.25) is 0 Å². The quantitative estimate of drug-likeness (QED) is 0.874. The predicted octanol–water partition coefficient (Wildman–Crippen LogP) is 3.27. The molecule has 0 spiro atoms. The van der Waals surface area contributed by atoms with Crippen molar-refractivity contribution in [2.75, 3.05) is 19.6 Å². The van der Waals surface area contributed by atoms with Crippen molar-refractivity contribution < 1.29 is 0 Å². The van der Waals surface area contributed by atoms with Crippen LogP contribution in [-0.4, -0.2) is 30.6 Å². The summed E-state index contributed by atoms with van der Waals surface area (Å²) in [6, 6.07) is 7.49. The molecule has 0 bridgehead atoms. The topological polar surface area (TPSA) is 15.3 Å². The summed E-state index contributed by atoms with van der Waals surface area (Å²) in [5.74, 6) is 0. The maximum atomic E-state index is 3.65. The maximum absolute atomic E-state index is 3.65. The summed E-state index contributed by atoms with van der Waals surface area (Å²) >= 11 is 0. The van der Waals surface area contributed by atoms with Crippen LogP contribution in [0.5, 0.6) is 0 Å². The van der Waals surface area contributed by atoms with Gasteiger partial charge in [0.05, 0.1) is 0 Å². The van der Waals surface area contributed by atoms with Gasteiger partial charge in [-0.25, -0.2) is 0 Å². The van der Waals surface area contributed by atoms with Crippen molar-refractivity contribution in [3.8, 4) is 0 Å². The second kappa shape index (κ2) is 7.06. The Hall–Kier alpha value is -0.860. The Morgan fingerprint density at radius 2 is 2.11 bits per heavy atom. The first-order valence-electron chi connectivity index (χ1n) is 7.71. The van der Waals surface area contributed by atoms with Crippen LogP contribution in [0.15, 0.2) is 18.2 Å². The molecule has 19 heavy (non-hydrogen) atoms. The molecule has 0 amide bonds. The summed E-state index contributed by atoms with van der Waals surface area (Å²) in [6.45, 7) is 11.3. The first-order chi connectivity index (χ1) is 9.19. The molecule has 1 atom stereocenters. The van der Waals surface area contributed by atoms with E-state index >= 15 is 0 Å². The molecule has 1 unspecified atom stereocenters. The van der Waals surface area contributed by atoms with Crippen molar-refractivity contribution in [3.05, 3.63) is 34.9 Å². The largest absolute Gasteiger partial charge is 0.313 e. The number of rotatable bonds is 5. The zero-order chi connectivity index (χ0) is 13.7. The van der Waals surface area contributed by atoms with Crippen LogP contribution in [0.25, 0.3) is 0 Å². The van der Waals surface area contributed by atoms with Gasteiger partial charge in [0.2, 0.25) is 0 Å². The summed E-state index contributed by atoms with van der Waals surface area (Å²) in [5.41, 5.74) is 4.27. The molecule has 1 aliphatic rings.